The van der Waals surface area contributed by atoms with E-state index in [9.17, 15) is 24.3 Å². The Balaban J connectivity index is 0.000000277. The van der Waals surface area contributed by atoms with Crippen LogP contribution < -0.4 is 22.5 Å². The van der Waals surface area contributed by atoms with Gasteiger partial charge in [-0.15, -0.1) is 6.58 Å². The molecule has 0 bridgehead atoms. The molecule has 0 radical (unpaired) electrons. The van der Waals surface area contributed by atoms with Crippen LogP contribution in [0.5, 0.6) is 0 Å². The summed E-state index contributed by atoms with van der Waals surface area (Å²) < 4.78 is 33.8. The fourth-order valence-electron chi connectivity index (χ4n) is 4.79. The molecule has 288 valence electrons. The third kappa shape index (κ3) is 11.4. The lowest BCUT2D eigenvalue weighted by Crippen LogP contribution is -2.44. The van der Waals surface area contributed by atoms with E-state index in [1.165, 1.54) is 21.5 Å². The molecule has 2 saturated heterocycles. The van der Waals surface area contributed by atoms with E-state index in [1.807, 2.05) is 45.2 Å². The smallest absolute Gasteiger partial charge is 0.330 e. The maximum atomic E-state index is 12.2. The van der Waals surface area contributed by atoms with Crippen molar-refractivity contribution in [2.75, 3.05) is 19.8 Å². The lowest BCUT2D eigenvalue weighted by Gasteiger charge is -2.37. The molecular formula is C33H54I2N4O10Si2. The number of aromatic amines is 2. The van der Waals surface area contributed by atoms with Crippen molar-refractivity contribution in [1.29, 1.82) is 0 Å². The highest BCUT2D eigenvalue weighted by molar-refractivity contribution is 14.1. The van der Waals surface area contributed by atoms with Crippen molar-refractivity contribution in [3.05, 3.63) is 73.9 Å². The first-order chi connectivity index (χ1) is 23.4. The maximum Gasteiger partial charge on any atom is 0.330 e. The highest BCUT2D eigenvalue weighted by atomic mass is 127. The molecule has 2 aliphatic heterocycles. The predicted octanol–water partition coefficient (Wildman–Crippen LogP) is 4.83. The first-order valence-electron chi connectivity index (χ1n) is 16.9. The molecule has 0 aromatic carbocycles. The summed E-state index contributed by atoms with van der Waals surface area (Å²) in [5.74, 6) is 0. The topological polar surface area (TPSA) is 176 Å². The van der Waals surface area contributed by atoms with Crippen LogP contribution >= 0.6 is 45.2 Å². The Bertz CT molecular complexity index is 1750. The molecule has 2 aromatic rings. The van der Waals surface area contributed by atoms with Crippen molar-refractivity contribution in [2.24, 2.45) is 0 Å². The van der Waals surface area contributed by atoms with Crippen LogP contribution in [0.1, 0.15) is 66.8 Å². The fourth-order valence-corrected chi connectivity index (χ4v) is 7.69. The van der Waals surface area contributed by atoms with E-state index in [0.717, 1.165) is 0 Å². The van der Waals surface area contributed by atoms with Crippen LogP contribution in [0.15, 0.2) is 44.2 Å². The van der Waals surface area contributed by atoms with Gasteiger partial charge in [-0.2, -0.15) is 0 Å². The Labute approximate surface area is 328 Å². The third-order valence-electron chi connectivity index (χ3n) is 10.1. The lowest BCUT2D eigenvalue weighted by atomic mass is 10.2. The standard InChI is InChI=1S/C18H29IN2O5Si.C15H25IN2O5Si/c1-7-8-24-13-9-15(21-10-12(19)16(22)20-17(21)23)26-14(13)11-25-27(5,6)18(2,3)4;1-15(2,3)24(4,5)22-8-11-10(19)6-12(23-11)18-7-9(16)13(20)17-14(18)21/h7,10,13-15H,1,8-9,11H2,2-6H3,(H,20,22,23);7,10-12,19H,6,8H2,1-5H3,(H,17,20,21). The molecule has 3 N–H and O–H groups in total. The summed E-state index contributed by atoms with van der Waals surface area (Å²) in [5.41, 5.74) is -1.84. The summed E-state index contributed by atoms with van der Waals surface area (Å²) in [6.07, 6.45) is 2.64. The number of aliphatic hydroxyl groups excluding tert-OH is 1. The molecule has 0 amide bonds. The minimum atomic E-state index is -1.94. The SMILES string of the molecule is C=CCOC1CC(n2cc(I)c(=O)[nH]c2=O)OC1CO[Si](C)(C)C(C)(C)C.CC(C)(C)[Si](C)(C)OCC1OC(n2cc(I)c(=O)[nH]c2=O)CC1O. The number of ether oxygens (including phenoxy) is 3. The summed E-state index contributed by atoms with van der Waals surface area (Å²) in [6.45, 7) is 26.4. The Morgan fingerprint density at radius 3 is 1.67 bits per heavy atom. The Morgan fingerprint density at radius 1 is 0.824 bits per heavy atom. The number of hydrogen-bond donors (Lipinski definition) is 3. The zero-order valence-corrected chi connectivity index (χ0v) is 37.5. The minimum absolute atomic E-state index is 0.0714. The van der Waals surface area contributed by atoms with E-state index >= 15 is 0 Å². The molecule has 4 rings (SSSR count). The Kier molecular flexibility index (Phi) is 15.1. The molecule has 0 spiro atoms. The van der Waals surface area contributed by atoms with Crippen LogP contribution in [0.4, 0.5) is 0 Å². The number of aromatic nitrogens is 4. The van der Waals surface area contributed by atoms with Crippen LogP contribution in [0.2, 0.25) is 36.3 Å². The summed E-state index contributed by atoms with van der Waals surface area (Å²) >= 11 is 3.76. The second-order valence-corrected chi connectivity index (χ2v) is 27.8. The van der Waals surface area contributed by atoms with Gasteiger partial charge in [-0.05, 0) is 81.4 Å². The molecule has 2 aromatic heterocycles. The van der Waals surface area contributed by atoms with E-state index in [0.29, 0.717) is 33.4 Å². The van der Waals surface area contributed by atoms with Crippen molar-refractivity contribution in [1.82, 2.24) is 19.1 Å². The maximum absolute atomic E-state index is 12.2. The van der Waals surface area contributed by atoms with Crippen LogP contribution in [0, 0.1) is 7.14 Å². The van der Waals surface area contributed by atoms with Gasteiger partial charge in [0.15, 0.2) is 16.6 Å². The number of hydrogen-bond acceptors (Lipinski definition) is 10. The molecule has 18 heteroatoms. The Morgan fingerprint density at radius 2 is 1.24 bits per heavy atom. The van der Waals surface area contributed by atoms with Gasteiger partial charge in [0.2, 0.25) is 0 Å². The molecule has 0 saturated carbocycles. The minimum Gasteiger partial charge on any atom is -0.414 e. The zero-order valence-electron chi connectivity index (χ0n) is 31.2. The first-order valence-corrected chi connectivity index (χ1v) is 24.9. The number of rotatable bonds is 11. The van der Waals surface area contributed by atoms with Gasteiger partial charge in [0.1, 0.15) is 24.7 Å². The van der Waals surface area contributed by atoms with Crippen LogP contribution in [0.25, 0.3) is 0 Å². The van der Waals surface area contributed by atoms with E-state index in [-0.39, 0.29) is 28.7 Å². The fraction of sp³-hybridized carbons (Fsp3) is 0.697. The zero-order chi connectivity index (χ0) is 38.7. The van der Waals surface area contributed by atoms with Crippen molar-refractivity contribution in [3.8, 4) is 0 Å². The monoisotopic (exact) mass is 976 g/mol. The third-order valence-corrected chi connectivity index (χ3v) is 20.6. The molecule has 51 heavy (non-hydrogen) atoms. The molecular weight excluding hydrogens is 922 g/mol. The van der Waals surface area contributed by atoms with Gasteiger partial charge in [0.05, 0.1) is 39.2 Å². The van der Waals surface area contributed by atoms with Crippen molar-refractivity contribution < 1.29 is 28.2 Å². The molecule has 6 atom stereocenters. The van der Waals surface area contributed by atoms with E-state index in [2.05, 4.69) is 84.3 Å². The highest BCUT2D eigenvalue weighted by Crippen LogP contribution is 2.39. The summed E-state index contributed by atoms with van der Waals surface area (Å²) in [5, 5.41) is 10.4. The van der Waals surface area contributed by atoms with Gasteiger partial charge < -0.3 is 28.2 Å². The highest BCUT2D eigenvalue weighted by Gasteiger charge is 2.43. The van der Waals surface area contributed by atoms with E-state index in [1.54, 1.807) is 6.08 Å². The van der Waals surface area contributed by atoms with Gasteiger partial charge in [0, 0.05) is 25.2 Å². The average molecular weight is 977 g/mol. The Hall–Kier alpha value is -1.25. The summed E-state index contributed by atoms with van der Waals surface area (Å²) in [4.78, 5) is 51.8. The van der Waals surface area contributed by atoms with Gasteiger partial charge in [0.25, 0.3) is 11.1 Å². The second-order valence-electron chi connectivity index (χ2n) is 15.9. The quantitative estimate of drug-likeness (QED) is 0.161. The normalized spacial score (nSPS) is 24.3. The number of nitrogens with one attached hydrogen (secondary N) is 2. The largest absolute Gasteiger partial charge is 0.414 e. The van der Waals surface area contributed by atoms with Gasteiger partial charge >= 0.3 is 11.4 Å². The second kappa shape index (κ2) is 17.5. The van der Waals surface area contributed by atoms with E-state index < -0.39 is 63.8 Å². The van der Waals surface area contributed by atoms with Gasteiger partial charge in [-0.25, -0.2) is 9.59 Å². The number of nitrogens with zero attached hydrogens (tertiary/aromatic N) is 2. The number of aliphatic hydroxyl groups is 1. The predicted molar refractivity (Wildman–Crippen MR) is 217 cm³/mol. The van der Waals surface area contributed by atoms with Crippen LogP contribution in [-0.4, -0.2) is 85.1 Å². The van der Waals surface area contributed by atoms with Crippen molar-refractivity contribution in [2.45, 2.75) is 128 Å². The lowest BCUT2D eigenvalue weighted by molar-refractivity contribution is -0.0557. The van der Waals surface area contributed by atoms with Gasteiger partial charge in [-0.3, -0.25) is 28.7 Å². The van der Waals surface area contributed by atoms with Crippen LogP contribution in [0.3, 0.4) is 0 Å². The molecule has 14 nitrogen and oxygen atoms in total. The van der Waals surface area contributed by atoms with Crippen LogP contribution in [-0.2, 0) is 23.1 Å². The summed E-state index contributed by atoms with van der Waals surface area (Å²) in [6, 6.07) is 0. The van der Waals surface area contributed by atoms with E-state index in [4.69, 9.17) is 23.1 Å². The van der Waals surface area contributed by atoms with Crippen molar-refractivity contribution in [3.63, 3.8) is 0 Å². The first kappa shape index (κ1) is 44.2. The number of halogens is 2. The average Bonchev–Trinajstić information content (AvgIpc) is 3.59. The summed E-state index contributed by atoms with van der Waals surface area (Å²) in [7, 11) is -3.87. The van der Waals surface area contributed by atoms with Gasteiger partial charge in [-0.1, -0.05) is 47.6 Å². The molecule has 2 fully saturated rings. The molecule has 4 heterocycles. The number of H-pyrrole nitrogens is 2. The molecule has 6 unspecified atom stereocenters. The van der Waals surface area contributed by atoms with Crippen molar-refractivity contribution >= 4 is 61.8 Å². The molecule has 0 aliphatic carbocycles. The molecule has 2 aliphatic rings.